The molecule has 0 saturated carbocycles. The molecule has 0 bridgehead atoms. The minimum Gasteiger partial charge on any atom is -0.759 e. The molecule has 0 rings (SSSR count). The third-order valence-electron chi connectivity index (χ3n) is 0. The summed E-state index contributed by atoms with van der Waals surface area (Å²) in [5, 5.41) is 0. The zero-order valence-corrected chi connectivity index (χ0v) is 19.1. The van der Waals surface area contributed by atoms with E-state index in [-0.39, 0.29) is 66.3 Å². The van der Waals surface area contributed by atoms with Crippen LogP contribution >= 0.6 is 0 Å². The van der Waals surface area contributed by atoms with Crippen molar-refractivity contribution in [3.05, 3.63) is 0 Å². The molecule has 0 fully saturated rings. The van der Waals surface area contributed by atoms with Crippen molar-refractivity contribution in [3.63, 3.8) is 0 Å². The maximum Gasteiger partial charge on any atom is 3.00 e. The second-order valence-electron chi connectivity index (χ2n) is 1.63. The summed E-state index contributed by atoms with van der Waals surface area (Å²) in [6.07, 6.45) is 0. The Bertz CT molecular complexity index is 489. The van der Waals surface area contributed by atoms with E-state index in [0.717, 1.165) is 0 Å². The molecule has 16 N–H and O–H groups in total. The summed E-state index contributed by atoms with van der Waals surface area (Å²) < 4.78 is 136. The Hall–Kier alpha value is 0.697. The third-order valence-corrected chi connectivity index (χ3v) is 0. The number of hydrogen-bond donors (Lipinski definition) is 4. The quantitative estimate of drug-likeness (QED) is 0.153. The van der Waals surface area contributed by atoms with Crippen molar-refractivity contribution in [2.24, 2.45) is 0 Å². The van der Waals surface area contributed by atoms with Crippen molar-refractivity contribution in [3.8, 4) is 0 Å². The van der Waals surface area contributed by atoms with Crippen LogP contribution in [0.2, 0.25) is 0 Å². The molecule has 0 aliphatic carbocycles. The van der Waals surface area contributed by atoms with Crippen molar-refractivity contribution in [2.75, 3.05) is 0 Å². The van der Waals surface area contributed by atoms with E-state index in [9.17, 15) is 0 Å². The Morgan fingerprint density at radius 3 is 0.320 bits per heavy atom. The molecule has 0 aromatic heterocycles. The predicted octanol–water partition coefficient (Wildman–Crippen LogP) is -3.85. The van der Waals surface area contributed by atoms with E-state index >= 15 is 0 Å². The van der Waals surface area contributed by atoms with E-state index in [1.165, 1.54) is 0 Å². The predicted molar refractivity (Wildman–Crippen MR) is 65.8 cm³/mol. The van der Waals surface area contributed by atoms with Gasteiger partial charge in [-0.1, -0.05) is 0 Å². The van der Waals surface area contributed by atoms with E-state index in [2.05, 4.69) is 0 Å². The van der Waals surface area contributed by atoms with Crippen LogP contribution in [0, 0.1) is 41.7 Å². The zero-order valence-electron chi connectivity index (χ0n) is 12.7. The molecule has 0 amide bonds. The van der Waals surface area contributed by atoms with Crippen molar-refractivity contribution in [1.82, 2.24) is 24.6 Å². The fourth-order valence-corrected chi connectivity index (χ4v) is 0. The van der Waals surface area contributed by atoms with Crippen LogP contribution < -0.4 is 24.6 Å². The Labute approximate surface area is 176 Å². The van der Waals surface area contributed by atoms with E-state index in [1.807, 2.05) is 0 Å². The van der Waals surface area contributed by atoms with Crippen LogP contribution in [-0.4, -0.2) is 70.1 Å². The van der Waals surface area contributed by atoms with Crippen LogP contribution in [0.15, 0.2) is 0 Å². The van der Waals surface area contributed by atoms with Crippen molar-refractivity contribution >= 4 is 41.6 Å². The molecule has 0 atom stereocenters. The molecule has 1 radical (unpaired) electrons. The first-order chi connectivity index (χ1) is 8.00. The van der Waals surface area contributed by atoms with Crippen molar-refractivity contribution in [2.45, 2.75) is 0 Å². The fourth-order valence-electron chi connectivity index (χ4n) is 0. The normalized spacial score (nSPS) is 9.28. The molecule has 25 heteroatoms. The largest absolute Gasteiger partial charge is 3.00 e. The summed E-state index contributed by atoms with van der Waals surface area (Å²) in [6, 6.07) is 0. The smallest absolute Gasteiger partial charge is 0.759 e. The molecule has 0 aromatic carbocycles. The van der Waals surface area contributed by atoms with Gasteiger partial charge in [-0.2, -0.15) is 0 Å². The fraction of sp³-hybridized carbons (Fsp3) is 0. The summed E-state index contributed by atoms with van der Waals surface area (Å²) in [6.45, 7) is 0. The number of hydrogen-bond acceptors (Lipinski definition) is 16. The van der Waals surface area contributed by atoms with Gasteiger partial charge in [0, 0.05) is 41.6 Å². The minimum absolute atomic E-state index is 0. The van der Waals surface area contributed by atoms with Crippen LogP contribution in [0.1, 0.15) is 0 Å². The van der Waals surface area contributed by atoms with Gasteiger partial charge in [-0.25, -0.2) is 0 Å². The van der Waals surface area contributed by atoms with Gasteiger partial charge in [-0.3, -0.25) is 33.7 Å². The Balaban J connectivity index is -0.0000000183. The first-order valence-electron chi connectivity index (χ1n) is 2.67. The minimum atomic E-state index is -5.17. The van der Waals surface area contributed by atoms with E-state index in [0.29, 0.717) is 0 Å². The van der Waals surface area contributed by atoms with Gasteiger partial charge in [-0.05, 0) is 0 Å². The van der Waals surface area contributed by atoms with Gasteiger partial charge in [0.15, 0.2) is 0 Å². The van der Waals surface area contributed by atoms with Crippen LogP contribution in [0.5, 0.6) is 0 Å². The maximum atomic E-state index is 8.52. The molecule has 25 heavy (non-hydrogen) atoms. The summed E-state index contributed by atoms with van der Waals surface area (Å²) in [5.74, 6) is 0. The summed E-state index contributed by atoms with van der Waals surface area (Å²) in [7, 11) is -20.7. The van der Waals surface area contributed by atoms with Gasteiger partial charge in [0.2, 0.25) is 0 Å². The molecular formula is H16CeN4O16S4-. The first-order valence-corrected chi connectivity index (χ1v) is 8.00. The molecule has 0 aliphatic heterocycles. The van der Waals surface area contributed by atoms with E-state index < -0.39 is 41.6 Å². The van der Waals surface area contributed by atoms with Crippen LogP contribution in [0.3, 0.4) is 0 Å². The molecule has 0 spiro atoms. The second kappa shape index (κ2) is 22.7. The van der Waals surface area contributed by atoms with Crippen molar-refractivity contribution in [1.29, 1.82) is 0 Å². The standard InChI is InChI=1S/Ce.4H3N.4H2O4S/c;;;;;4*1-5(2,3)4/h;4*1H3;4*(H2,1,2,3,4)/q+3;;;;;;;;/p-4. The summed E-state index contributed by atoms with van der Waals surface area (Å²) >= 11 is 0. The van der Waals surface area contributed by atoms with Gasteiger partial charge in [0.05, 0.1) is 0 Å². The molecule has 0 aliphatic rings. The zero-order chi connectivity index (χ0) is 18.0. The number of rotatable bonds is 0. The Kier molecular flexibility index (Phi) is 51.1. The number of quaternary nitrogens is 4. The van der Waals surface area contributed by atoms with E-state index in [4.69, 9.17) is 70.1 Å². The monoisotopic (exact) mass is 596 g/mol. The van der Waals surface area contributed by atoms with Gasteiger partial charge < -0.3 is 61.0 Å². The average molecular weight is 597 g/mol. The van der Waals surface area contributed by atoms with E-state index in [1.54, 1.807) is 0 Å². The molecule has 20 nitrogen and oxygen atoms in total. The van der Waals surface area contributed by atoms with Crippen LogP contribution in [0.4, 0.5) is 0 Å². The molecule has 0 saturated heterocycles. The molecule has 0 heterocycles. The SMILES string of the molecule is O=S(=O)([O-])[O-].O=S(=O)([O-])[O-].O=S(=O)([O-])[O-].O=S(=O)([O-])[O-].[Ce+3].[NH4+].[NH4+].[NH4+].[NH4+]. The van der Waals surface area contributed by atoms with Gasteiger partial charge in [-0.15, -0.1) is 0 Å². The topological polar surface area (TPSA) is 467 Å². The van der Waals surface area contributed by atoms with Gasteiger partial charge in [0.1, 0.15) is 0 Å². The summed E-state index contributed by atoms with van der Waals surface area (Å²) in [4.78, 5) is 0. The molecule has 0 aromatic rings. The Morgan fingerprint density at radius 2 is 0.320 bits per heavy atom. The first kappa shape index (κ1) is 56.2. The second-order valence-corrected chi connectivity index (χ2v) is 4.90. The molecule has 161 valence electrons. The third kappa shape index (κ3) is 26200. The van der Waals surface area contributed by atoms with Crippen molar-refractivity contribution < 1.29 is 112 Å². The van der Waals surface area contributed by atoms with Crippen LogP contribution in [0.25, 0.3) is 0 Å². The maximum absolute atomic E-state index is 8.52. The van der Waals surface area contributed by atoms with Gasteiger partial charge >= 0.3 is 41.7 Å². The molecule has 0 unspecified atom stereocenters. The van der Waals surface area contributed by atoms with Gasteiger partial charge in [0.25, 0.3) is 0 Å². The Morgan fingerprint density at radius 1 is 0.320 bits per heavy atom. The molecular weight excluding hydrogens is 580 g/mol. The average Bonchev–Trinajstić information content (AvgIpc) is 1.62. The van der Waals surface area contributed by atoms with Crippen LogP contribution in [-0.2, 0) is 41.6 Å². The summed E-state index contributed by atoms with van der Waals surface area (Å²) in [5.41, 5.74) is 0.